The van der Waals surface area contributed by atoms with Crippen molar-refractivity contribution in [1.29, 1.82) is 0 Å². The van der Waals surface area contributed by atoms with Crippen LogP contribution in [0.15, 0.2) is 78.9 Å². The first-order valence-corrected chi connectivity index (χ1v) is 7.79. The molecule has 0 aliphatic heterocycles. The summed E-state index contributed by atoms with van der Waals surface area (Å²) in [6.07, 6.45) is 0. The summed E-state index contributed by atoms with van der Waals surface area (Å²) in [5, 5.41) is 0. The lowest BCUT2D eigenvalue weighted by atomic mass is 10.0. The molecule has 120 valence electrons. The molecular formula is C21H18FNO. The van der Waals surface area contributed by atoms with Gasteiger partial charge in [0.05, 0.1) is 5.56 Å². The molecule has 1 amide bonds. The number of carbonyl (C=O) groups is 1. The molecule has 0 saturated heterocycles. The molecule has 0 bridgehead atoms. The summed E-state index contributed by atoms with van der Waals surface area (Å²) in [6.45, 7) is 0.433. The smallest absolute Gasteiger partial charge is 0.256 e. The highest BCUT2D eigenvalue weighted by atomic mass is 19.1. The van der Waals surface area contributed by atoms with Crippen LogP contribution >= 0.6 is 0 Å². The molecule has 24 heavy (non-hydrogen) atoms. The number of halogens is 1. The maximum absolute atomic E-state index is 13.7. The average Bonchev–Trinajstić information content (AvgIpc) is 2.63. The second-order valence-electron chi connectivity index (χ2n) is 5.70. The molecule has 0 radical (unpaired) electrons. The third-order valence-electron chi connectivity index (χ3n) is 3.93. The summed E-state index contributed by atoms with van der Waals surface area (Å²) in [5.74, 6) is -0.811. The molecule has 3 heteroatoms. The van der Waals surface area contributed by atoms with Crippen molar-refractivity contribution in [2.24, 2.45) is 0 Å². The number of hydrogen-bond donors (Lipinski definition) is 0. The number of amides is 1. The molecule has 0 aliphatic carbocycles. The molecule has 3 rings (SSSR count). The zero-order valence-corrected chi connectivity index (χ0v) is 13.4. The minimum Gasteiger partial charge on any atom is -0.337 e. The number of carbonyl (C=O) groups excluding carboxylic acids is 1. The van der Waals surface area contributed by atoms with Gasteiger partial charge in [-0.05, 0) is 28.8 Å². The Bertz CT molecular complexity index is 828. The molecule has 0 unspecified atom stereocenters. The van der Waals surface area contributed by atoms with Gasteiger partial charge in [-0.1, -0.05) is 66.7 Å². The Balaban J connectivity index is 1.72. The molecule has 0 aliphatic rings. The van der Waals surface area contributed by atoms with E-state index in [2.05, 4.69) is 12.1 Å². The lowest BCUT2D eigenvalue weighted by molar-refractivity contribution is 0.0780. The van der Waals surface area contributed by atoms with Gasteiger partial charge in [0.2, 0.25) is 0 Å². The molecule has 0 fully saturated rings. The van der Waals surface area contributed by atoms with E-state index in [1.54, 1.807) is 19.2 Å². The van der Waals surface area contributed by atoms with Crippen LogP contribution in [-0.4, -0.2) is 17.9 Å². The highest BCUT2D eigenvalue weighted by Crippen LogP contribution is 2.20. The lowest BCUT2D eigenvalue weighted by Crippen LogP contribution is -2.27. The van der Waals surface area contributed by atoms with Crippen molar-refractivity contribution < 1.29 is 9.18 Å². The van der Waals surface area contributed by atoms with Gasteiger partial charge in [-0.15, -0.1) is 0 Å². The summed E-state index contributed by atoms with van der Waals surface area (Å²) >= 11 is 0. The van der Waals surface area contributed by atoms with Crippen LogP contribution in [-0.2, 0) is 6.54 Å². The molecule has 0 N–H and O–H groups in total. The SMILES string of the molecule is CN(Cc1ccc(-c2ccccc2)cc1)C(=O)c1ccccc1F. The Morgan fingerprint density at radius 1 is 0.833 bits per heavy atom. The van der Waals surface area contributed by atoms with Crippen molar-refractivity contribution in [2.75, 3.05) is 7.05 Å². The predicted octanol–water partition coefficient (Wildman–Crippen LogP) is 4.76. The van der Waals surface area contributed by atoms with Crippen LogP contribution < -0.4 is 0 Å². The van der Waals surface area contributed by atoms with Gasteiger partial charge in [-0.2, -0.15) is 0 Å². The summed E-state index contributed by atoms with van der Waals surface area (Å²) < 4.78 is 13.7. The van der Waals surface area contributed by atoms with Gasteiger partial charge < -0.3 is 4.90 Å². The second-order valence-corrected chi connectivity index (χ2v) is 5.70. The van der Waals surface area contributed by atoms with Crippen molar-refractivity contribution in [3.8, 4) is 11.1 Å². The summed E-state index contributed by atoms with van der Waals surface area (Å²) in [5.41, 5.74) is 3.38. The van der Waals surface area contributed by atoms with Crippen molar-refractivity contribution >= 4 is 5.91 Å². The minimum atomic E-state index is -0.492. The third-order valence-corrected chi connectivity index (χ3v) is 3.93. The van der Waals surface area contributed by atoms with Crippen LogP contribution in [0.1, 0.15) is 15.9 Å². The van der Waals surface area contributed by atoms with Crippen molar-refractivity contribution in [3.63, 3.8) is 0 Å². The van der Waals surface area contributed by atoms with Gasteiger partial charge in [0, 0.05) is 13.6 Å². The van der Waals surface area contributed by atoms with Crippen LogP contribution in [0, 0.1) is 5.82 Å². The summed E-state index contributed by atoms with van der Waals surface area (Å²) in [6, 6.07) is 24.2. The predicted molar refractivity (Wildman–Crippen MR) is 94.1 cm³/mol. The van der Waals surface area contributed by atoms with E-state index in [1.807, 2.05) is 42.5 Å². The zero-order valence-electron chi connectivity index (χ0n) is 13.4. The monoisotopic (exact) mass is 319 g/mol. The molecule has 0 heterocycles. The first-order valence-electron chi connectivity index (χ1n) is 7.79. The van der Waals surface area contributed by atoms with E-state index in [0.717, 1.165) is 16.7 Å². The van der Waals surface area contributed by atoms with Crippen LogP contribution in [0.25, 0.3) is 11.1 Å². The Morgan fingerprint density at radius 2 is 1.42 bits per heavy atom. The third kappa shape index (κ3) is 3.51. The molecule has 3 aromatic carbocycles. The van der Waals surface area contributed by atoms with Crippen molar-refractivity contribution in [1.82, 2.24) is 4.90 Å². The second kappa shape index (κ2) is 7.09. The largest absolute Gasteiger partial charge is 0.337 e. The molecular weight excluding hydrogens is 301 g/mol. The topological polar surface area (TPSA) is 20.3 Å². The van der Waals surface area contributed by atoms with Gasteiger partial charge >= 0.3 is 0 Å². The number of rotatable bonds is 4. The zero-order chi connectivity index (χ0) is 16.9. The van der Waals surface area contributed by atoms with E-state index in [9.17, 15) is 9.18 Å². The van der Waals surface area contributed by atoms with Crippen LogP contribution in [0.4, 0.5) is 4.39 Å². The molecule has 0 spiro atoms. The Morgan fingerprint density at radius 3 is 2.08 bits per heavy atom. The first-order chi connectivity index (χ1) is 11.6. The van der Waals surface area contributed by atoms with Gasteiger partial charge in [-0.25, -0.2) is 4.39 Å². The van der Waals surface area contributed by atoms with E-state index in [0.29, 0.717) is 6.54 Å². The minimum absolute atomic E-state index is 0.0981. The first kappa shape index (κ1) is 15.9. The molecule has 0 atom stereocenters. The van der Waals surface area contributed by atoms with Gasteiger partial charge in [0.15, 0.2) is 0 Å². The molecule has 3 aromatic rings. The Labute approximate surface area is 141 Å². The standard InChI is InChI=1S/C21H18FNO/c1-23(21(24)19-9-5-6-10-20(19)22)15-16-11-13-18(14-12-16)17-7-3-2-4-8-17/h2-14H,15H2,1H3. The fraction of sp³-hybridized carbons (Fsp3) is 0.0952. The number of hydrogen-bond acceptors (Lipinski definition) is 1. The average molecular weight is 319 g/mol. The number of benzene rings is 3. The fourth-order valence-electron chi connectivity index (χ4n) is 2.62. The summed E-state index contributed by atoms with van der Waals surface area (Å²) in [4.78, 5) is 13.9. The summed E-state index contributed by atoms with van der Waals surface area (Å²) in [7, 11) is 1.68. The Hall–Kier alpha value is -2.94. The van der Waals surface area contributed by atoms with Gasteiger partial charge in [-0.3, -0.25) is 4.79 Å². The van der Waals surface area contributed by atoms with Crippen molar-refractivity contribution in [2.45, 2.75) is 6.54 Å². The number of nitrogens with zero attached hydrogens (tertiary/aromatic N) is 1. The maximum Gasteiger partial charge on any atom is 0.256 e. The van der Waals surface area contributed by atoms with E-state index < -0.39 is 5.82 Å². The van der Waals surface area contributed by atoms with Gasteiger partial charge in [0.1, 0.15) is 5.82 Å². The Kier molecular flexibility index (Phi) is 4.71. The molecule has 0 aromatic heterocycles. The van der Waals surface area contributed by atoms with E-state index in [1.165, 1.54) is 17.0 Å². The van der Waals surface area contributed by atoms with E-state index in [4.69, 9.17) is 0 Å². The van der Waals surface area contributed by atoms with E-state index in [-0.39, 0.29) is 11.5 Å². The maximum atomic E-state index is 13.7. The molecule has 0 saturated carbocycles. The van der Waals surface area contributed by atoms with Crippen LogP contribution in [0.5, 0.6) is 0 Å². The lowest BCUT2D eigenvalue weighted by Gasteiger charge is -2.18. The van der Waals surface area contributed by atoms with Crippen LogP contribution in [0.3, 0.4) is 0 Å². The van der Waals surface area contributed by atoms with Gasteiger partial charge in [0.25, 0.3) is 5.91 Å². The fourth-order valence-corrected chi connectivity index (χ4v) is 2.62. The highest BCUT2D eigenvalue weighted by Gasteiger charge is 2.15. The van der Waals surface area contributed by atoms with Crippen LogP contribution in [0.2, 0.25) is 0 Å². The molecule has 2 nitrogen and oxygen atoms in total. The van der Waals surface area contributed by atoms with E-state index >= 15 is 0 Å². The highest BCUT2D eigenvalue weighted by molar-refractivity contribution is 5.94. The normalized spacial score (nSPS) is 10.4. The van der Waals surface area contributed by atoms with Crippen molar-refractivity contribution in [3.05, 3.63) is 95.8 Å². The quantitative estimate of drug-likeness (QED) is 0.678.